The molecule has 0 aliphatic heterocycles. The van der Waals surface area contributed by atoms with Crippen LogP contribution in [0.1, 0.15) is 22.1 Å². The van der Waals surface area contributed by atoms with Crippen molar-refractivity contribution < 1.29 is 18.0 Å². The maximum absolute atomic E-state index is 12.9. The fraction of sp³-hybridized carbons (Fsp3) is 0.182. The number of aryl methyl sites for hydroxylation is 1. The third-order valence-corrected chi connectivity index (χ3v) is 2.15. The molecule has 1 amide bonds. The number of hydrogen-bond acceptors (Lipinski definition) is 4. The van der Waals surface area contributed by atoms with Crippen LogP contribution in [0, 0.1) is 18.6 Å². The Labute approximate surface area is 101 Å². The zero-order valence-electron chi connectivity index (χ0n) is 9.41. The Balaban J connectivity index is 2.01. The Morgan fingerprint density at radius 1 is 1.33 bits per heavy atom. The molecule has 0 atom stereocenters. The second kappa shape index (κ2) is 4.91. The quantitative estimate of drug-likeness (QED) is 0.901. The Morgan fingerprint density at radius 3 is 2.72 bits per heavy atom. The van der Waals surface area contributed by atoms with Crippen molar-refractivity contribution in [1.29, 1.82) is 0 Å². The molecule has 0 aliphatic rings. The summed E-state index contributed by atoms with van der Waals surface area (Å²) in [6.45, 7) is 1.65. The molecule has 1 aromatic carbocycles. The standard InChI is InChI=1S/C11H9F2N3O2/c1-6-15-16-10(18-6)5-14-11(17)7-2-3-8(12)9(13)4-7/h2-4H,5H2,1H3,(H,14,17). The molecule has 5 nitrogen and oxygen atoms in total. The number of hydrogen-bond donors (Lipinski definition) is 1. The van der Waals surface area contributed by atoms with E-state index >= 15 is 0 Å². The smallest absolute Gasteiger partial charge is 0.251 e. The van der Waals surface area contributed by atoms with Gasteiger partial charge in [0.15, 0.2) is 11.6 Å². The van der Waals surface area contributed by atoms with Gasteiger partial charge >= 0.3 is 0 Å². The first kappa shape index (κ1) is 12.2. The molecule has 94 valence electrons. The summed E-state index contributed by atoms with van der Waals surface area (Å²) in [5.74, 6) is -2.00. The molecule has 1 aromatic heterocycles. The van der Waals surface area contributed by atoms with E-state index in [9.17, 15) is 13.6 Å². The lowest BCUT2D eigenvalue weighted by Gasteiger charge is -2.02. The molecule has 0 bridgehead atoms. The van der Waals surface area contributed by atoms with Crippen LogP contribution >= 0.6 is 0 Å². The summed E-state index contributed by atoms with van der Waals surface area (Å²) in [5, 5.41) is 9.71. The minimum Gasteiger partial charge on any atom is -0.424 e. The Morgan fingerprint density at radius 2 is 2.11 bits per heavy atom. The summed E-state index contributed by atoms with van der Waals surface area (Å²) in [6, 6.07) is 2.90. The molecule has 0 radical (unpaired) electrons. The molecule has 2 rings (SSSR count). The van der Waals surface area contributed by atoms with Crippen LogP contribution in [-0.4, -0.2) is 16.1 Å². The zero-order chi connectivity index (χ0) is 13.1. The number of rotatable bonds is 3. The lowest BCUT2D eigenvalue weighted by molar-refractivity contribution is 0.0946. The van der Waals surface area contributed by atoms with Crippen molar-refractivity contribution in [2.24, 2.45) is 0 Å². The molecule has 0 fully saturated rings. The van der Waals surface area contributed by atoms with Crippen LogP contribution in [0.4, 0.5) is 8.78 Å². The molecule has 1 heterocycles. The van der Waals surface area contributed by atoms with Crippen molar-refractivity contribution in [3.05, 3.63) is 47.2 Å². The number of nitrogens with zero attached hydrogens (tertiary/aromatic N) is 2. The molecule has 0 saturated carbocycles. The topological polar surface area (TPSA) is 68.0 Å². The average Bonchev–Trinajstić information content (AvgIpc) is 2.75. The van der Waals surface area contributed by atoms with E-state index < -0.39 is 17.5 Å². The first-order valence-electron chi connectivity index (χ1n) is 5.08. The summed E-state index contributed by atoms with van der Waals surface area (Å²) in [6.07, 6.45) is 0. The number of benzene rings is 1. The fourth-order valence-electron chi connectivity index (χ4n) is 1.30. The van der Waals surface area contributed by atoms with Crippen LogP contribution in [0.15, 0.2) is 22.6 Å². The van der Waals surface area contributed by atoms with Crippen molar-refractivity contribution in [2.45, 2.75) is 13.5 Å². The number of aromatic nitrogens is 2. The highest BCUT2D eigenvalue weighted by Crippen LogP contribution is 2.08. The number of carbonyl (C=O) groups excluding carboxylic acids is 1. The van der Waals surface area contributed by atoms with Crippen LogP contribution in [0.5, 0.6) is 0 Å². The molecule has 0 unspecified atom stereocenters. The van der Waals surface area contributed by atoms with Gasteiger partial charge < -0.3 is 9.73 Å². The predicted octanol–water partition coefficient (Wildman–Crippen LogP) is 1.59. The van der Waals surface area contributed by atoms with Gasteiger partial charge in [-0.2, -0.15) is 0 Å². The number of carbonyl (C=O) groups is 1. The van der Waals surface area contributed by atoms with Crippen molar-refractivity contribution in [3.8, 4) is 0 Å². The summed E-state index contributed by atoms with van der Waals surface area (Å²) >= 11 is 0. The van der Waals surface area contributed by atoms with Crippen molar-refractivity contribution in [1.82, 2.24) is 15.5 Å². The van der Waals surface area contributed by atoms with Gasteiger partial charge in [-0.3, -0.25) is 4.79 Å². The third kappa shape index (κ3) is 2.68. The Kier molecular flexibility index (Phi) is 3.31. The van der Waals surface area contributed by atoms with Gasteiger partial charge in [-0.1, -0.05) is 0 Å². The largest absolute Gasteiger partial charge is 0.424 e. The first-order valence-corrected chi connectivity index (χ1v) is 5.08. The van der Waals surface area contributed by atoms with E-state index in [1.165, 1.54) is 6.07 Å². The predicted molar refractivity (Wildman–Crippen MR) is 56.6 cm³/mol. The second-order valence-electron chi connectivity index (χ2n) is 3.53. The maximum atomic E-state index is 12.9. The molecule has 18 heavy (non-hydrogen) atoms. The lowest BCUT2D eigenvalue weighted by atomic mass is 10.2. The molecule has 1 N–H and O–H groups in total. The van der Waals surface area contributed by atoms with Gasteiger partial charge in [-0.25, -0.2) is 8.78 Å². The maximum Gasteiger partial charge on any atom is 0.251 e. The highest BCUT2D eigenvalue weighted by Gasteiger charge is 2.10. The van der Waals surface area contributed by atoms with E-state index in [4.69, 9.17) is 4.42 Å². The van der Waals surface area contributed by atoms with Crippen molar-refractivity contribution in [2.75, 3.05) is 0 Å². The summed E-state index contributed by atoms with van der Waals surface area (Å²) in [5.41, 5.74) is 0.0186. The van der Waals surface area contributed by atoms with Crippen LogP contribution in [0.3, 0.4) is 0 Å². The highest BCUT2D eigenvalue weighted by atomic mass is 19.2. The van der Waals surface area contributed by atoms with Crippen LogP contribution in [0.2, 0.25) is 0 Å². The molecule has 0 aliphatic carbocycles. The van der Waals surface area contributed by atoms with Crippen LogP contribution in [0.25, 0.3) is 0 Å². The van der Waals surface area contributed by atoms with Crippen molar-refractivity contribution >= 4 is 5.91 Å². The highest BCUT2D eigenvalue weighted by molar-refractivity contribution is 5.94. The van der Waals surface area contributed by atoms with E-state index in [2.05, 4.69) is 15.5 Å². The molecular weight excluding hydrogens is 244 g/mol. The molecule has 0 saturated heterocycles. The fourth-order valence-corrected chi connectivity index (χ4v) is 1.30. The lowest BCUT2D eigenvalue weighted by Crippen LogP contribution is -2.23. The van der Waals surface area contributed by atoms with Gasteiger partial charge in [-0.15, -0.1) is 10.2 Å². The van der Waals surface area contributed by atoms with Crippen LogP contribution < -0.4 is 5.32 Å². The van der Waals surface area contributed by atoms with E-state index in [0.717, 1.165) is 12.1 Å². The number of halogens is 2. The zero-order valence-corrected chi connectivity index (χ0v) is 9.41. The number of amides is 1. The average molecular weight is 253 g/mol. The Bertz CT molecular complexity index is 583. The van der Waals surface area contributed by atoms with E-state index in [-0.39, 0.29) is 18.0 Å². The molecule has 0 spiro atoms. The molecule has 2 aromatic rings. The minimum absolute atomic E-state index is 0.0186. The molecular formula is C11H9F2N3O2. The van der Waals surface area contributed by atoms with Gasteiger partial charge in [0.2, 0.25) is 11.8 Å². The van der Waals surface area contributed by atoms with Gasteiger partial charge in [0, 0.05) is 12.5 Å². The van der Waals surface area contributed by atoms with Gasteiger partial charge in [-0.05, 0) is 18.2 Å². The van der Waals surface area contributed by atoms with Gasteiger partial charge in [0.1, 0.15) is 0 Å². The monoisotopic (exact) mass is 253 g/mol. The van der Waals surface area contributed by atoms with Crippen LogP contribution in [-0.2, 0) is 6.54 Å². The third-order valence-electron chi connectivity index (χ3n) is 2.15. The van der Waals surface area contributed by atoms with E-state index in [0.29, 0.717) is 5.89 Å². The first-order chi connectivity index (χ1) is 8.56. The second-order valence-corrected chi connectivity index (χ2v) is 3.53. The van der Waals surface area contributed by atoms with Gasteiger partial charge in [0.25, 0.3) is 5.91 Å². The van der Waals surface area contributed by atoms with E-state index in [1.807, 2.05) is 0 Å². The Hall–Kier alpha value is -2.31. The number of nitrogens with one attached hydrogen (secondary N) is 1. The summed E-state index contributed by atoms with van der Waals surface area (Å²) in [7, 11) is 0. The van der Waals surface area contributed by atoms with E-state index in [1.54, 1.807) is 6.92 Å². The van der Waals surface area contributed by atoms with Gasteiger partial charge in [0.05, 0.1) is 6.54 Å². The van der Waals surface area contributed by atoms with Crippen molar-refractivity contribution in [3.63, 3.8) is 0 Å². The summed E-state index contributed by atoms with van der Waals surface area (Å²) < 4.78 is 30.6. The minimum atomic E-state index is -1.07. The SMILES string of the molecule is Cc1nnc(CNC(=O)c2ccc(F)c(F)c2)o1. The normalized spacial score (nSPS) is 10.4. The summed E-state index contributed by atoms with van der Waals surface area (Å²) in [4.78, 5) is 11.6. The molecule has 7 heteroatoms.